The number of hydrogen-bond acceptors (Lipinski definition) is 1. The topological polar surface area (TPSA) is 17.8 Å². The molecule has 0 saturated carbocycles. The second-order valence-electron chi connectivity index (χ2n) is 6.94. The summed E-state index contributed by atoms with van der Waals surface area (Å²) >= 11 is 3.45. The lowest BCUT2D eigenvalue weighted by Gasteiger charge is -2.03. The first-order valence-corrected chi connectivity index (χ1v) is 10.7. The SMILES string of the molecule is CCCCCCCCCCCCCCCCc1cn(Br)c(C)n1. The van der Waals surface area contributed by atoms with Crippen molar-refractivity contribution in [3.05, 3.63) is 17.7 Å². The second-order valence-corrected chi connectivity index (χ2v) is 7.70. The zero-order chi connectivity index (χ0) is 16.8. The molecule has 23 heavy (non-hydrogen) atoms. The van der Waals surface area contributed by atoms with Crippen molar-refractivity contribution in [2.24, 2.45) is 0 Å². The summed E-state index contributed by atoms with van der Waals surface area (Å²) < 4.78 is 1.94. The van der Waals surface area contributed by atoms with Crippen LogP contribution in [0.1, 0.15) is 108 Å². The van der Waals surface area contributed by atoms with Crippen molar-refractivity contribution in [2.45, 2.75) is 110 Å². The first-order valence-electron chi connectivity index (χ1n) is 9.95. The van der Waals surface area contributed by atoms with Crippen LogP contribution in [-0.4, -0.2) is 8.58 Å². The van der Waals surface area contributed by atoms with Crippen LogP contribution in [0.25, 0.3) is 0 Å². The lowest BCUT2D eigenvalue weighted by Crippen LogP contribution is -1.87. The molecule has 0 atom stereocenters. The largest absolute Gasteiger partial charge is 0.270 e. The molecule has 1 aromatic heterocycles. The number of imidazole rings is 1. The van der Waals surface area contributed by atoms with Crippen molar-refractivity contribution < 1.29 is 0 Å². The third-order valence-corrected chi connectivity index (χ3v) is 5.38. The summed E-state index contributed by atoms with van der Waals surface area (Å²) in [7, 11) is 0. The third-order valence-electron chi connectivity index (χ3n) is 4.66. The van der Waals surface area contributed by atoms with E-state index in [4.69, 9.17) is 0 Å². The van der Waals surface area contributed by atoms with Gasteiger partial charge in [0.1, 0.15) is 5.82 Å². The summed E-state index contributed by atoms with van der Waals surface area (Å²) in [5.74, 6) is 1.05. The van der Waals surface area contributed by atoms with Crippen LogP contribution >= 0.6 is 16.1 Å². The third kappa shape index (κ3) is 11.0. The highest BCUT2D eigenvalue weighted by Gasteiger charge is 2.01. The van der Waals surface area contributed by atoms with Crippen LogP contribution in [0, 0.1) is 6.92 Å². The summed E-state index contributed by atoms with van der Waals surface area (Å²) in [6, 6.07) is 0. The molecule has 0 N–H and O–H groups in total. The lowest BCUT2D eigenvalue weighted by molar-refractivity contribution is 0.535. The minimum atomic E-state index is 1.05. The summed E-state index contributed by atoms with van der Waals surface area (Å²) in [6.07, 6.45) is 23.1. The van der Waals surface area contributed by atoms with E-state index in [0.717, 1.165) is 12.2 Å². The number of aromatic nitrogens is 2. The highest BCUT2D eigenvalue weighted by atomic mass is 79.9. The van der Waals surface area contributed by atoms with E-state index in [1.807, 2.05) is 10.5 Å². The van der Waals surface area contributed by atoms with Gasteiger partial charge in [0.2, 0.25) is 0 Å². The molecule has 0 fully saturated rings. The lowest BCUT2D eigenvalue weighted by atomic mass is 10.0. The van der Waals surface area contributed by atoms with Crippen LogP contribution < -0.4 is 0 Å². The zero-order valence-electron chi connectivity index (χ0n) is 15.5. The monoisotopic (exact) mass is 384 g/mol. The highest BCUT2D eigenvalue weighted by molar-refractivity contribution is 9.08. The maximum Gasteiger partial charge on any atom is 0.115 e. The molecule has 1 heterocycles. The molecule has 134 valence electrons. The Kier molecular flexibility index (Phi) is 12.7. The van der Waals surface area contributed by atoms with Crippen LogP contribution in [0.4, 0.5) is 0 Å². The van der Waals surface area contributed by atoms with Gasteiger partial charge < -0.3 is 0 Å². The number of aryl methyl sites for hydroxylation is 2. The molecular weight excluding hydrogens is 348 g/mol. The first-order chi connectivity index (χ1) is 11.2. The molecule has 1 rings (SSSR count). The zero-order valence-corrected chi connectivity index (χ0v) is 17.0. The Hall–Kier alpha value is -0.310. The molecule has 0 aliphatic carbocycles. The molecular formula is C20H37BrN2. The number of hydrogen-bond donors (Lipinski definition) is 0. The molecule has 0 spiro atoms. The van der Waals surface area contributed by atoms with E-state index in [1.54, 1.807) is 0 Å². The maximum atomic E-state index is 4.53. The predicted octanol–water partition coefficient (Wildman–Crippen LogP) is 7.37. The average molecular weight is 385 g/mol. The van der Waals surface area contributed by atoms with E-state index in [1.165, 1.54) is 95.6 Å². The van der Waals surface area contributed by atoms with E-state index in [9.17, 15) is 0 Å². The summed E-state index contributed by atoms with van der Waals surface area (Å²) in [6.45, 7) is 4.32. The van der Waals surface area contributed by atoms with Crippen LogP contribution in [0.15, 0.2) is 6.20 Å². The Morgan fingerprint density at radius 3 is 1.61 bits per heavy atom. The Morgan fingerprint density at radius 1 is 0.783 bits per heavy atom. The van der Waals surface area contributed by atoms with Gasteiger partial charge in [0, 0.05) is 6.20 Å². The molecule has 0 bridgehead atoms. The van der Waals surface area contributed by atoms with Crippen LogP contribution in [-0.2, 0) is 6.42 Å². The first kappa shape index (κ1) is 20.7. The van der Waals surface area contributed by atoms with Gasteiger partial charge in [-0.2, -0.15) is 0 Å². The van der Waals surface area contributed by atoms with Gasteiger partial charge in [0.05, 0.1) is 21.8 Å². The normalized spacial score (nSPS) is 11.3. The average Bonchev–Trinajstić information content (AvgIpc) is 2.86. The molecule has 0 unspecified atom stereocenters. The van der Waals surface area contributed by atoms with Gasteiger partial charge in [-0.25, -0.2) is 4.98 Å². The smallest absolute Gasteiger partial charge is 0.115 e. The minimum Gasteiger partial charge on any atom is -0.270 e. The van der Waals surface area contributed by atoms with Gasteiger partial charge in [-0.1, -0.05) is 90.4 Å². The Labute approximate surface area is 152 Å². The van der Waals surface area contributed by atoms with E-state index < -0.39 is 0 Å². The van der Waals surface area contributed by atoms with Gasteiger partial charge in [-0.05, 0) is 19.8 Å². The molecule has 2 nitrogen and oxygen atoms in total. The molecule has 0 saturated heterocycles. The van der Waals surface area contributed by atoms with E-state index in [2.05, 4.69) is 34.3 Å². The van der Waals surface area contributed by atoms with E-state index in [-0.39, 0.29) is 0 Å². The molecule has 0 amide bonds. The molecule has 0 radical (unpaired) electrons. The van der Waals surface area contributed by atoms with Gasteiger partial charge in [-0.15, -0.1) is 0 Å². The van der Waals surface area contributed by atoms with Crippen molar-refractivity contribution in [1.82, 2.24) is 8.58 Å². The standard InChI is InChI=1S/C20H37BrN2/c1-3-4-5-6-7-8-9-10-11-12-13-14-15-16-17-20-18-23(21)19(2)22-20/h18H,3-17H2,1-2H3. The van der Waals surface area contributed by atoms with E-state index >= 15 is 0 Å². The summed E-state index contributed by atoms with van der Waals surface area (Å²) in [5.41, 5.74) is 1.22. The Morgan fingerprint density at radius 2 is 1.22 bits per heavy atom. The molecule has 0 aliphatic rings. The number of unbranched alkanes of at least 4 members (excludes halogenated alkanes) is 13. The second kappa shape index (κ2) is 14.1. The van der Waals surface area contributed by atoms with E-state index in [0.29, 0.717) is 0 Å². The molecule has 0 aliphatic heterocycles. The summed E-state index contributed by atoms with van der Waals surface area (Å²) in [5, 5.41) is 0. The van der Waals surface area contributed by atoms with Gasteiger partial charge in [-0.3, -0.25) is 3.59 Å². The van der Waals surface area contributed by atoms with Crippen molar-refractivity contribution in [1.29, 1.82) is 0 Å². The quantitative estimate of drug-likeness (QED) is 0.288. The van der Waals surface area contributed by atoms with Crippen LogP contribution in [0.5, 0.6) is 0 Å². The minimum absolute atomic E-state index is 1.05. The maximum absolute atomic E-state index is 4.53. The van der Waals surface area contributed by atoms with Gasteiger partial charge in [0.25, 0.3) is 0 Å². The molecule has 0 aromatic carbocycles. The Bertz CT molecular complexity index is 367. The number of halogens is 1. The van der Waals surface area contributed by atoms with Crippen molar-refractivity contribution >= 4 is 16.1 Å². The van der Waals surface area contributed by atoms with Crippen molar-refractivity contribution in [2.75, 3.05) is 0 Å². The van der Waals surface area contributed by atoms with Gasteiger partial charge >= 0.3 is 0 Å². The van der Waals surface area contributed by atoms with Crippen molar-refractivity contribution in [3.63, 3.8) is 0 Å². The highest BCUT2D eigenvalue weighted by Crippen LogP contribution is 2.14. The fourth-order valence-electron chi connectivity index (χ4n) is 3.13. The predicted molar refractivity (Wildman–Crippen MR) is 105 cm³/mol. The van der Waals surface area contributed by atoms with Crippen LogP contribution in [0.2, 0.25) is 0 Å². The fourth-order valence-corrected chi connectivity index (χ4v) is 3.45. The molecule has 1 aromatic rings. The fraction of sp³-hybridized carbons (Fsp3) is 0.850. The molecule has 3 heteroatoms. The van der Waals surface area contributed by atoms with Gasteiger partial charge in [0.15, 0.2) is 0 Å². The Balaban J connectivity index is 1.78. The van der Waals surface area contributed by atoms with Crippen LogP contribution in [0.3, 0.4) is 0 Å². The summed E-state index contributed by atoms with van der Waals surface area (Å²) in [4.78, 5) is 4.53. The number of rotatable bonds is 15. The number of nitrogens with zero attached hydrogens (tertiary/aromatic N) is 2. The van der Waals surface area contributed by atoms with Crippen molar-refractivity contribution in [3.8, 4) is 0 Å².